The van der Waals surface area contributed by atoms with E-state index in [0.717, 1.165) is 57.1 Å². The average molecular weight is 280 g/mol. The van der Waals surface area contributed by atoms with Crippen LogP contribution >= 0.6 is 0 Å². The molecule has 2 heterocycles. The van der Waals surface area contributed by atoms with Crippen molar-refractivity contribution in [2.75, 3.05) is 33.2 Å². The summed E-state index contributed by atoms with van der Waals surface area (Å²) in [6.07, 6.45) is 1.14. The first-order valence-corrected chi connectivity index (χ1v) is 7.60. The normalized spacial score (nSPS) is 20.4. The lowest BCUT2D eigenvalue weighted by molar-refractivity contribution is 0.0319. The zero-order chi connectivity index (χ0) is 14.6. The predicted octanol–water partition coefficient (Wildman–Crippen LogP) is 1.70. The predicted molar refractivity (Wildman–Crippen MR) is 80.5 cm³/mol. The first-order chi connectivity index (χ1) is 9.51. The van der Waals surface area contributed by atoms with Crippen molar-refractivity contribution in [2.45, 2.75) is 45.8 Å². The molecule has 5 heteroatoms. The van der Waals surface area contributed by atoms with Gasteiger partial charge in [0, 0.05) is 37.8 Å². The minimum Gasteiger partial charge on any atom is -0.360 e. The van der Waals surface area contributed by atoms with Gasteiger partial charge in [0.1, 0.15) is 0 Å². The van der Waals surface area contributed by atoms with Crippen molar-refractivity contribution in [1.82, 2.24) is 20.3 Å². The van der Waals surface area contributed by atoms with E-state index in [0.29, 0.717) is 0 Å². The van der Waals surface area contributed by atoms with Gasteiger partial charge in [-0.25, -0.2) is 0 Å². The van der Waals surface area contributed by atoms with Gasteiger partial charge in [-0.3, -0.25) is 9.80 Å². The molecule has 0 saturated carbocycles. The van der Waals surface area contributed by atoms with E-state index < -0.39 is 0 Å². The molecule has 1 aliphatic heterocycles. The second-order valence-electron chi connectivity index (χ2n) is 6.41. The zero-order valence-corrected chi connectivity index (χ0v) is 13.3. The third-order valence-electron chi connectivity index (χ3n) is 4.12. The van der Waals surface area contributed by atoms with Gasteiger partial charge in [0.25, 0.3) is 0 Å². The molecule has 1 aliphatic rings. The molecule has 5 nitrogen and oxygen atoms in total. The second kappa shape index (κ2) is 6.70. The van der Waals surface area contributed by atoms with Crippen molar-refractivity contribution in [3.63, 3.8) is 0 Å². The molecule has 0 spiro atoms. The van der Waals surface area contributed by atoms with Gasteiger partial charge in [-0.2, -0.15) is 0 Å². The summed E-state index contributed by atoms with van der Waals surface area (Å²) in [6.45, 7) is 12.7. The Bertz CT molecular complexity index is 416. The van der Waals surface area contributed by atoms with E-state index in [1.54, 1.807) is 0 Å². The Morgan fingerprint density at radius 2 is 2.20 bits per heavy atom. The monoisotopic (exact) mass is 280 g/mol. The largest absolute Gasteiger partial charge is 0.360 e. The Morgan fingerprint density at radius 1 is 1.40 bits per heavy atom. The summed E-state index contributed by atoms with van der Waals surface area (Å²) < 4.78 is 5.45. The topological polar surface area (TPSA) is 44.5 Å². The number of likely N-dealkylation sites (N-methyl/N-ethyl adjacent to an activating group) is 1. The number of nitrogens with one attached hydrogen (secondary N) is 1. The first-order valence-electron chi connectivity index (χ1n) is 7.60. The van der Waals surface area contributed by atoms with Gasteiger partial charge >= 0.3 is 0 Å². The summed E-state index contributed by atoms with van der Waals surface area (Å²) >= 11 is 0. The molecule has 2 rings (SSSR count). The summed E-state index contributed by atoms with van der Waals surface area (Å²) in [7, 11) is 2.20. The lowest BCUT2D eigenvalue weighted by Crippen LogP contribution is -2.57. The van der Waals surface area contributed by atoms with Crippen LogP contribution in [0.4, 0.5) is 0 Å². The van der Waals surface area contributed by atoms with Crippen LogP contribution in [0.15, 0.2) is 10.6 Å². The molecule has 0 aromatic carbocycles. The van der Waals surface area contributed by atoms with E-state index in [9.17, 15) is 0 Å². The van der Waals surface area contributed by atoms with Crippen molar-refractivity contribution >= 4 is 0 Å². The van der Waals surface area contributed by atoms with Gasteiger partial charge in [0.15, 0.2) is 5.76 Å². The molecule has 1 fully saturated rings. The van der Waals surface area contributed by atoms with Crippen LogP contribution in [0.5, 0.6) is 0 Å². The molecule has 20 heavy (non-hydrogen) atoms. The van der Waals surface area contributed by atoms with Crippen LogP contribution in [0, 0.1) is 0 Å². The minimum absolute atomic E-state index is 0.226. The Hall–Kier alpha value is -0.910. The van der Waals surface area contributed by atoms with Crippen molar-refractivity contribution in [2.24, 2.45) is 0 Å². The lowest BCUT2D eigenvalue weighted by Gasteiger charge is -2.45. The van der Waals surface area contributed by atoms with Crippen molar-refractivity contribution < 1.29 is 4.52 Å². The second-order valence-corrected chi connectivity index (χ2v) is 6.41. The molecule has 0 aliphatic carbocycles. The highest BCUT2D eigenvalue weighted by Gasteiger charge is 2.31. The van der Waals surface area contributed by atoms with Gasteiger partial charge in [0.2, 0.25) is 0 Å². The highest BCUT2D eigenvalue weighted by molar-refractivity contribution is 5.05. The third-order valence-corrected chi connectivity index (χ3v) is 4.12. The molecule has 0 atom stereocenters. The maximum atomic E-state index is 5.45. The van der Waals surface area contributed by atoms with Gasteiger partial charge in [-0.05, 0) is 33.9 Å². The van der Waals surface area contributed by atoms with Crippen LogP contribution in [0.2, 0.25) is 0 Å². The molecular weight excluding hydrogens is 252 g/mol. The van der Waals surface area contributed by atoms with Crippen LogP contribution < -0.4 is 5.32 Å². The lowest BCUT2D eigenvalue weighted by atomic mass is 10.00. The van der Waals surface area contributed by atoms with Crippen LogP contribution in [-0.2, 0) is 13.1 Å². The van der Waals surface area contributed by atoms with Gasteiger partial charge < -0.3 is 9.84 Å². The average Bonchev–Trinajstić information content (AvgIpc) is 2.82. The fourth-order valence-corrected chi connectivity index (χ4v) is 2.60. The van der Waals surface area contributed by atoms with Crippen LogP contribution in [-0.4, -0.2) is 53.7 Å². The summed E-state index contributed by atoms with van der Waals surface area (Å²) in [5.41, 5.74) is 1.23. The van der Waals surface area contributed by atoms with Gasteiger partial charge in [-0.1, -0.05) is 12.1 Å². The van der Waals surface area contributed by atoms with Crippen LogP contribution in [0.25, 0.3) is 0 Å². The maximum Gasteiger partial charge on any atom is 0.151 e. The molecule has 1 aromatic heterocycles. The maximum absolute atomic E-state index is 5.45. The molecular formula is C15H28N4O. The summed E-state index contributed by atoms with van der Waals surface area (Å²) in [6, 6.07) is 2.08. The first kappa shape index (κ1) is 15.5. The number of hydrogen-bond acceptors (Lipinski definition) is 5. The zero-order valence-electron chi connectivity index (χ0n) is 13.3. The quantitative estimate of drug-likeness (QED) is 0.804. The van der Waals surface area contributed by atoms with Gasteiger partial charge in [-0.15, -0.1) is 0 Å². The number of piperazine rings is 1. The highest BCUT2D eigenvalue weighted by atomic mass is 16.5. The summed E-state index contributed by atoms with van der Waals surface area (Å²) in [5, 5.41) is 7.47. The van der Waals surface area contributed by atoms with E-state index in [1.807, 2.05) is 0 Å². The van der Waals surface area contributed by atoms with Crippen LogP contribution in [0.3, 0.4) is 0 Å². The fraction of sp³-hybridized carbons (Fsp3) is 0.800. The highest BCUT2D eigenvalue weighted by Crippen LogP contribution is 2.20. The minimum atomic E-state index is 0.226. The van der Waals surface area contributed by atoms with E-state index in [-0.39, 0.29) is 5.54 Å². The molecule has 114 valence electrons. The molecule has 1 saturated heterocycles. The third kappa shape index (κ3) is 4.04. The summed E-state index contributed by atoms with van der Waals surface area (Å²) in [4.78, 5) is 4.87. The van der Waals surface area contributed by atoms with Gasteiger partial charge in [0.05, 0.1) is 12.2 Å². The Morgan fingerprint density at radius 3 is 2.90 bits per heavy atom. The summed E-state index contributed by atoms with van der Waals surface area (Å²) in [5.74, 6) is 0.971. The van der Waals surface area contributed by atoms with Crippen molar-refractivity contribution in [3.8, 4) is 0 Å². The molecule has 1 N–H and O–H groups in total. The van der Waals surface area contributed by atoms with Crippen LogP contribution in [0.1, 0.15) is 38.6 Å². The van der Waals surface area contributed by atoms with E-state index >= 15 is 0 Å². The van der Waals surface area contributed by atoms with Crippen molar-refractivity contribution in [3.05, 3.63) is 17.5 Å². The molecule has 0 amide bonds. The Kier molecular flexibility index (Phi) is 5.18. The number of aromatic nitrogens is 1. The molecule has 1 aromatic rings. The Balaban J connectivity index is 1.84. The Labute approximate surface area is 122 Å². The fourth-order valence-electron chi connectivity index (χ4n) is 2.60. The number of hydrogen-bond donors (Lipinski definition) is 1. The smallest absolute Gasteiger partial charge is 0.151 e. The molecule has 0 radical (unpaired) electrons. The standard InChI is InChI=1S/C15H28N4O/c1-5-6-16-10-13-9-14(20-17-13)11-19-8-7-18(4)15(2,3)12-19/h9,16H,5-8,10-12H2,1-4H3. The molecule has 0 unspecified atom stereocenters. The number of rotatable bonds is 6. The van der Waals surface area contributed by atoms with E-state index in [2.05, 4.69) is 54.2 Å². The van der Waals surface area contributed by atoms with E-state index in [1.165, 1.54) is 0 Å². The van der Waals surface area contributed by atoms with E-state index in [4.69, 9.17) is 4.52 Å². The SMILES string of the molecule is CCCNCc1cc(CN2CCN(C)C(C)(C)C2)on1. The van der Waals surface area contributed by atoms with Crippen molar-refractivity contribution in [1.29, 1.82) is 0 Å². The molecule has 0 bridgehead atoms. The number of nitrogens with zero attached hydrogens (tertiary/aromatic N) is 3.